The van der Waals surface area contributed by atoms with E-state index in [9.17, 15) is 0 Å². The molecule has 0 N–H and O–H groups in total. The van der Waals surface area contributed by atoms with E-state index in [1.807, 2.05) is 30.3 Å². The lowest BCUT2D eigenvalue weighted by Gasteiger charge is -2.01. The molecule has 3 aromatic rings. The lowest BCUT2D eigenvalue weighted by molar-refractivity contribution is 1.04. The Balaban J connectivity index is 2.23. The number of rotatable bonds is 2. The van der Waals surface area contributed by atoms with E-state index < -0.39 is 0 Å². The number of fused-ring (bicyclic) bond motifs is 1. The van der Waals surface area contributed by atoms with Crippen LogP contribution in [0.25, 0.3) is 21.5 Å². The topological polar surface area (TPSA) is 38.7 Å². The zero-order chi connectivity index (χ0) is 11.7. The van der Waals surface area contributed by atoms with Crippen LogP contribution >= 0.6 is 22.9 Å². The van der Waals surface area contributed by atoms with Crippen molar-refractivity contribution in [3.05, 3.63) is 41.5 Å². The molecule has 3 rings (SSSR count). The average molecular weight is 262 g/mol. The zero-order valence-corrected chi connectivity index (χ0v) is 10.4. The van der Waals surface area contributed by atoms with Crippen LogP contribution in [0.5, 0.6) is 0 Å². The Morgan fingerprint density at radius 2 is 2.06 bits per heavy atom. The van der Waals surface area contributed by atoms with E-state index in [0.29, 0.717) is 5.88 Å². The molecule has 0 aliphatic carbocycles. The molecule has 2 heterocycles. The van der Waals surface area contributed by atoms with Gasteiger partial charge in [-0.1, -0.05) is 29.5 Å². The van der Waals surface area contributed by atoms with Crippen LogP contribution in [-0.4, -0.2) is 15.2 Å². The van der Waals surface area contributed by atoms with E-state index in [2.05, 4.69) is 15.2 Å². The van der Waals surface area contributed by atoms with E-state index in [4.69, 9.17) is 11.6 Å². The van der Waals surface area contributed by atoms with Gasteiger partial charge in [0.15, 0.2) is 0 Å². The molecule has 0 bridgehead atoms. The maximum absolute atomic E-state index is 5.74. The summed E-state index contributed by atoms with van der Waals surface area (Å²) in [7, 11) is 0. The summed E-state index contributed by atoms with van der Waals surface area (Å²) >= 11 is 7.26. The summed E-state index contributed by atoms with van der Waals surface area (Å²) < 4.78 is 0. The van der Waals surface area contributed by atoms with Gasteiger partial charge in [0.1, 0.15) is 10.0 Å². The van der Waals surface area contributed by atoms with Gasteiger partial charge < -0.3 is 0 Å². The van der Waals surface area contributed by atoms with Crippen molar-refractivity contribution in [2.75, 3.05) is 0 Å². The normalized spacial score (nSPS) is 10.9. The standard InChI is InChI=1S/C12H8ClN3S/c13-7-11-15-16-12(17-11)9-3-1-5-10-8(9)4-2-6-14-10/h1-6H,7H2. The van der Waals surface area contributed by atoms with Crippen LogP contribution in [0.1, 0.15) is 5.01 Å². The quantitative estimate of drug-likeness (QED) is 0.663. The molecule has 0 fully saturated rings. The van der Waals surface area contributed by atoms with Gasteiger partial charge in [-0.2, -0.15) is 0 Å². The molecule has 0 unspecified atom stereocenters. The van der Waals surface area contributed by atoms with Gasteiger partial charge in [0.25, 0.3) is 0 Å². The van der Waals surface area contributed by atoms with E-state index in [0.717, 1.165) is 26.5 Å². The summed E-state index contributed by atoms with van der Waals surface area (Å²) in [5, 5.41) is 11.0. The first-order valence-electron chi connectivity index (χ1n) is 5.11. The molecule has 0 aliphatic rings. The number of halogens is 1. The summed E-state index contributed by atoms with van der Waals surface area (Å²) in [5.41, 5.74) is 2.03. The van der Waals surface area contributed by atoms with Crippen LogP contribution in [0.3, 0.4) is 0 Å². The Morgan fingerprint density at radius 1 is 1.12 bits per heavy atom. The first-order valence-corrected chi connectivity index (χ1v) is 6.46. The van der Waals surface area contributed by atoms with Crippen LogP contribution in [-0.2, 0) is 5.88 Å². The Labute approximate surface area is 107 Å². The average Bonchev–Trinajstić information content (AvgIpc) is 2.87. The first-order chi connectivity index (χ1) is 8.38. The lowest BCUT2D eigenvalue weighted by atomic mass is 10.1. The number of hydrogen-bond acceptors (Lipinski definition) is 4. The molecule has 0 atom stereocenters. The zero-order valence-electron chi connectivity index (χ0n) is 8.80. The van der Waals surface area contributed by atoms with E-state index in [-0.39, 0.29) is 0 Å². The van der Waals surface area contributed by atoms with Gasteiger partial charge in [-0.05, 0) is 12.1 Å². The van der Waals surface area contributed by atoms with Crippen LogP contribution < -0.4 is 0 Å². The number of nitrogens with zero attached hydrogens (tertiary/aromatic N) is 3. The van der Waals surface area contributed by atoms with Crippen LogP contribution in [0.2, 0.25) is 0 Å². The highest BCUT2D eigenvalue weighted by Crippen LogP contribution is 2.30. The molecule has 1 aromatic carbocycles. The summed E-state index contributed by atoms with van der Waals surface area (Å²) in [4.78, 5) is 4.32. The number of hydrogen-bond donors (Lipinski definition) is 0. The molecule has 0 saturated carbocycles. The highest BCUT2D eigenvalue weighted by atomic mass is 35.5. The van der Waals surface area contributed by atoms with Crippen molar-refractivity contribution in [1.82, 2.24) is 15.2 Å². The molecular formula is C12H8ClN3S. The van der Waals surface area contributed by atoms with Crippen LogP contribution in [0.15, 0.2) is 36.5 Å². The lowest BCUT2D eigenvalue weighted by Crippen LogP contribution is -1.82. The minimum atomic E-state index is 0.403. The molecule has 3 nitrogen and oxygen atoms in total. The van der Waals surface area contributed by atoms with Gasteiger partial charge in [0.2, 0.25) is 0 Å². The Bertz CT molecular complexity index is 660. The number of alkyl halides is 1. The molecule has 2 aromatic heterocycles. The van der Waals surface area contributed by atoms with Gasteiger partial charge in [0.05, 0.1) is 11.4 Å². The van der Waals surface area contributed by atoms with Gasteiger partial charge >= 0.3 is 0 Å². The molecule has 0 spiro atoms. The second-order valence-corrected chi connectivity index (χ2v) is 4.84. The van der Waals surface area contributed by atoms with Gasteiger partial charge in [-0.15, -0.1) is 21.8 Å². The molecule has 17 heavy (non-hydrogen) atoms. The fourth-order valence-corrected chi connectivity index (χ4v) is 2.65. The number of benzene rings is 1. The van der Waals surface area contributed by atoms with Crippen molar-refractivity contribution < 1.29 is 0 Å². The van der Waals surface area contributed by atoms with Gasteiger partial charge in [0, 0.05) is 17.1 Å². The summed E-state index contributed by atoms with van der Waals surface area (Å²) in [6, 6.07) is 9.96. The van der Waals surface area contributed by atoms with Gasteiger partial charge in [-0.3, -0.25) is 4.98 Å². The smallest absolute Gasteiger partial charge is 0.148 e. The Hall–Kier alpha value is -1.52. The molecule has 0 radical (unpaired) electrons. The van der Waals surface area contributed by atoms with Gasteiger partial charge in [-0.25, -0.2) is 0 Å². The number of pyridine rings is 1. The maximum Gasteiger partial charge on any atom is 0.148 e. The number of aromatic nitrogens is 3. The first kappa shape index (κ1) is 10.6. The van der Waals surface area contributed by atoms with Crippen molar-refractivity contribution in [2.45, 2.75) is 5.88 Å². The highest BCUT2D eigenvalue weighted by Gasteiger charge is 2.09. The fraction of sp³-hybridized carbons (Fsp3) is 0.0833. The van der Waals surface area contributed by atoms with E-state index >= 15 is 0 Å². The second kappa shape index (κ2) is 4.39. The fourth-order valence-electron chi connectivity index (χ4n) is 1.71. The molecule has 0 aliphatic heterocycles. The molecule has 0 saturated heterocycles. The third-order valence-electron chi connectivity index (χ3n) is 2.46. The van der Waals surface area contributed by atoms with Crippen molar-refractivity contribution in [3.8, 4) is 10.6 Å². The predicted molar refractivity (Wildman–Crippen MR) is 70.2 cm³/mol. The second-order valence-electron chi connectivity index (χ2n) is 3.51. The monoisotopic (exact) mass is 261 g/mol. The molecular weight excluding hydrogens is 254 g/mol. The molecule has 5 heteroatoms. The maximum atomic E-state index is 5.74. The predicted octanol–water partition coefficient (Wildman–Crippen LogP) is 3.49. The SMILES string of the molecule is ClCc1nnc(-c2cccc3ncccc23)s1. The third-order valence-corrected chi connectivity index (χ3v) is 3.83. The minimum absolute atomic E-state index is 0.403. The van der Waals surface area contributed by atoms with Crippen LogP contribution in [0, 0.1) is 0 Å². The van der Waals surface area contributed by atoms with Crippen molar-refractivity contribution in [2.24, 2.45) is 0 Å². The Kier molecular flexibility index (Phi) is 2.74. The van der Waals surface area contributed by atoms with E-state index in [1.165, 1.54) is 11.3 Å². The summed E-state index contributed by atoms with van der Waals surface area (Å²) in [5.74, 6) is 0.403. The largest absolute Gasteiger partial charge is 0.256 e. The van der Waals surface area contributed by atoms with Crippen LogP contribution in [0.4, 0.5) is 0 Å². The Morgan fingerprint density at radius 3 is 2.88 bits per heavy atom. The third kappa shape index (κ3) is 1.90. The summed E-state index contributed by atoms with van der Waals surface area (Å²) in [6.45, 7) is 0. The van der Waals surface area contributed by atoms with Crippen molar-refractivity contribution >= 4 is 33.8 Å². The minimum Gasteiger partial charge on any atom is -0.256 e. The highest BCUT2D eigenvalue weighted by molar-refractivity contribution is 7.14. The van der Waals surface area contributed by atoms with E-state index in [1.54, 1.807) is 6.20 Å². The summed E-state index contributed by atoms with van der Waals surface area (Å²) in [6.07, 6.45) is 1.79. The molecule has 84 valence electrons. The van der Waals surface area contributed by atoms with Crippen molar-refractivity contribution in [3.63, 3.8) is 0 Å². The molecule has 0 amide bonds. The van der Waals surface area contributed by atoms with Crippen molar-refractivity contribution in [1.29, 1.82) is 0 Å².